The Morgan fingerprint density at radius 2 is 1.77 bits per heavy atom. The fourth-order valence-corrected chi connectivity index (χ4v) is 2.81. The molecule has 0 aromatic heterocycles. The number of hydrogen-bond acceptors (Lipinski definition) is 3. The largest absolute Gasteiger partial charge is 0.484 e. The van der Waals surface area contributed by atoms with Crippen molar-refractivity contribution in [3.63, 3.8) is 0 Å². The highest BCUT2D eigenvalue weighted by molar-refractivity contribution is 14.0. The Labute approximate surface area is 195 Å². The molecule has 0 aliphatic carbocycles. The molecule has 0 radical (unpaired) electrons. The molecule has 1 aromatic rings. The molecule has 0 saturated carbocycles. The second-order valence-electron chi connectivity index (χ2n) is 6.96. The summed E-state index contributed by atoms with van der Waals surface area (Å²) in [6.45, 7) is 11.6. The third-order valence-corrected chi connectivity index (χ3v) is 4.48. The number of hydrogen-bond donors (Lipinski definition) is 2. The van der Waals surface area contributed by atoms with Crippen LogP contribution in [0.25, 0.3) is 0 Å². The molecule has 9 heteroatoms. The third kappa shape index (κ3) is 13.1. The normalized spacial score (nSPS) is 13.0. The van der Waals surface area contributed by atoms with E-state index in [9.17, 15) is 13.2 Å². The van der Waals surface area contributed by atoms with E-state index in [4.69, 9.17) is 4.74 Å². The quantitative estimate of drug-likeness (QED) is 0.225. The number of aliphatic imine (C=N–C) groups is 1. The minimum Gasteiger partial charge on any atom is -0.484 e. The molecule has 1 aromatic carbocycles. The van der Waals surface area contributed by atoms with Gasteiger partial charge in [0.1, 0.15) is 5.75 Å². The van der Waals surface area contributed by atoms with Crippen LogP contribution in [-0.2, 0) is 6.54 Å². The lowest BCUT2D eigenvalue weighted by atomic mass is 10.2. The van der Waals surface area contributed by atoms with Gasteiger partial charge in [-0.05, 0) is 64.0 Å². The lowest BCUT2D eigenvalue weighted by Crippen LogP contribution is -2.42. The molecule has 0 aliphatic heterocycles. The van der Waals surface area contributed by atoms with Crippen LogP contribution < -0.4 is 15.4 Å². The van der Waals surface area contributed by atoms with Gasteiger partial charge in [-0.1, -0.05) is 26.0 Å². The molecule has 0 heterocycles. The first-order valence-corrected chi connectivity index (χ1v) is 10.3. The highest BCUT2D eigenvalue weighted by Gasteiger charge is 2.28. The highest BCUT2D eigenvalue weighted by Crippen LogP contribution is 2.19. The smallest absolute Gasteiger partial charge is 0.422 e. The summed E-state index contributed by atoms with van der Waals surface area (Å²) in [6, 6.07) is 6.82. The predicted octanol–water partition coefficient (Wildman–Crippen LogP) is 4.81. The topological polar surface area (TPSA) is 48.9 Å². The molecule has 0 aliphatic rings. The first-order valence-electron chi connectivity index (χ1n) is 10.3. The van der Waals surface area contributed by atoms with Gasteiger partial charge in [-0.2, -0.15) is 13.2 Å². The molecule has 0 fully saturated rings. The van der Waals surface area contributed by atoms with E-state index in [2.05, 4.69) is 41.3 Å². The molecule has 1 atom stereocenters. The molecule has 5 nitrogen and oxygen atoms in total. The van der Waals surface area contributed by atoms with Crippen LogP contribution in [-0.4, -0.2) is 55.9 Å². The molecule has 0 spiro atoms. The molecule has 0 saturated heterocycles. The van der Waals surface area contributed by atoms with Gasteiger partial charge in [0.2, 0.25) is 0 Å². The highest BCUT2D eigenvalue weighted by atomic mass is 127. The van der Waals surface area contributed by atoms with Gasteiger partial charge in [0.25, 0.3) is 0 Å². The molecular formula is C21H36F3IN4O. The van der Waals surface area contributed by atoms with Gasteiger partial charge in [0, 0.05) is 12.6 Å². The molecular weight excluding hydrogens is 508 g/mol. The summed E-state index contributed by atoms with van der Waals surface area (Å²) >= 11 is 0. The van der Waals surface area contributed by atoms with Gasteiger partial charge in [-0.25, -0.2) is 4.99 Å². The van der Waals surface area contributed by atoms with Gasteiger partial charge in [0.05, 0.1) is 6.54 Å². The summed E-state index contributed by atoms with van der Waals surface area (Å²) in [7, 11) is 0. The molecule has 2 N–H and O–H groups in total. The van der Waals surface area contributed by atoms with Crippen molar-refractivity contribution >= 4 is 29.9 Å². The molecule has 0 bridgehead atoms. The van der Waals surface area contributed by atoms with Crippen LogP contribution >= 0.6 is 24.0 Å². The van der Waals surface area contributed by atoms with Crippen LogP contribution in [0.4, 0.5) is 13.2 Å². The first kappa shape index (κ1) is 28.8. The molecule has 1 rings (SSSR count). The first-order chi connectivity index (χ1) is 13.8. The number of alkyl halides is 3. The average molecular weight is 544 g/mol. The Bertz CT molecular complexity index is 593. The van der Waals surface area contributed by atoms with Crippen molar-refractivity contribution in [3.8, 4) is 5.75 Å². The van der Waals surface area contributed by atoms with E-state index in [1.165, 1.54) is 12.1 Å². The Hall–Kier alpha value is -1.23. The molecule has 30 heavy (non-hydrogen) atoms. The SMILES string of the molecule is CCNC(=NCc1ccc(OCC(F)(F)F)cc1)NC(C)CCCN(CC)CC.I. The summed E-state index contributed by atoms with van der Waals surface area (Å²) in [4.78, 5) is 6.99. The zero-order valence-electron chi connectivity index (χ0n) is 18.4. The average Bonchev–Trinajstić information content (AvgIpc) is 2.68. The van der Waals surface area contributed by atoms with Crippen LogP contribution in [0, 0.1) is 0 Å². The van der Waals surface area contributed by atoms with Crippen LogP contribution in [0.1, 0.15) is 46.1 Å². The predicted molar refractivity (Wildman–Crippen MR) is 128 cm³/mol. The van der Waals surface area contributed by atoms with Gasteiger partial charge in [-0.15, -0.1) is 24.0 Å². The maximum Gasteiger partial charge on any atom is 0.422 e. The van der Waals surface area contributed by atoms with Crippen LogP contribution in [0.3, 0.4) is 0 Å². The van der Waals surface area contributed by atoms with Gasteiger partial charge in [-0.3, -0.25) is 0 Å². The molecule has 174 valence electrons. The van der Waals surface area contributed by atoms with Crippen molar-refractivity contribution in [1.82, 2.24) is 15.5 Å². The van der Waals surface area contributed by atoms with Crippen LogP contribution in [0.2, 0.25) is 0 Å². The summed E-state index contributed by atoms with van der Waals surface area (Å²) in [5.74, 6) is 0.933. The van der Waals surface area contributed by atoms with Crippen LogP contribution in [0.15, 0.2) is 29.3 Å². The van der Waals surface area contributed by atoms with E-state index in [1.807, 2.05) is 6.92 Å². The van der Waals surface area contributed by atoms with E-state index in [0.717, 1.165) is 50.5 Å². The van der Waals surface area contributed by atoms with E-state index >= 15 is 0 Å². The maximum absolute atomic E-state index is 12.2. The van der Waals surface area contributed by atoms with E-state index in [-0.39, 0.29) is 29.7 Å². The zero-order valence-corrected chi connectivity index (χ0v) is 20.7. The number of ether oxygens (including phenoxy) is 1. The molecule has 0 amide bonds. The third-order valence-electron chi connectivity index (χ3n) is 4.48. The monoisotopic (exact) mass is 544 g/mol. The van der Waals surface area contributed by atoms with Crippen molar-refractivity contribution in [2.24, 2.45) is 4.99 Å². The van der Waals surface area contributed by atoms with Crippen molar-refractivity contribution in [2.75, 3.05) is 32.8 Å². The van der Waals surface area contributed by atoms with E-state index in [0.29, 0.717) is 12.6 Å². The second kappa shape index (κ2) is 15.6. The number of nitrogens with one attached hydrogen (secondary N) is 2. The Balaban J connectivity index is 0.00000841. The zero-order chi connectivity index (χ0) is 21.7. The Morgan fingerprint density at radius 3 is 2.30 bits per heavy atom. The summed E-state index contributed by atoms with van der Waals surface area (Å²) in [5.41, 5.74) is 0.899. The van der Waals surface area contributed by atoms with Crippen molar-refractivity contribution in [2.45, 2.75) is 59.3 Å². The number of halogens is 4. The molecule has 1 unspecified atom stereocenters. The van der Waals surface area contributed by atoms with Gasteiger partial charge < -0.3 is 20.3 Å². The Morgan fingerprint density at radius 1 is 1.13 bits per heavy atom. The minimum absolute atomic E-state index is 0. The maximum atomic E-state index is 12.2. The van der Waals surface area contributed by atoms with Crippen LogP contribution in [0.5, 0.6) is 5.75 Å². The number of rotatable bonds is 12. The lowest BCUT2D eigenvalue weighted by Gasteiger charge is -2.21. The van der Waals surface area contributed by atoms with Crippen molar-refractivity contribution in [1.29, 1.82) is 0 Å². The minimum atomic E-state index is -4.34. The van der Waals surface area contributed by atoms with E-state index < -0.39 is 12.8 Å². The van der Waals surface area contributed by atoms with Crippen molar-refractivity contribution < 1.29 is 17.9 Å². The lowest BCUT2D eigenvalue weighted by molar-refractivity contribution is -0.153. The number of guanidine groups is 1. The second-order valence-corrected chi connectivity index (χ2v) is 6.96. The van der Waals surface area contributed by atoms with Gasteiger partial charge >= 0.3 is 6.18 Å². The summed E-state index contributed by atoms with van der Waals surface area (Å²) < 4.78 is 41.3. The standard InChI is InChI=1S/C21H35F3N4O.HI/c1-5-25-20(27-17(4)9-8-14-28(6-2)7-3)26-15-18-10-12-19(13-11-18)29-16-21(22,23)24;/h10-13,17H,5-9,14-16H2,1-4H3,(H2,25,26,27);1H. The number of nitrogens with zero attached hydrogens (tertiary/aromatic N) is 2. The summed E-state index contributed by atoms with van der Waals surface area (Å²) in [5, 5.41) is 6.65. The van der Waals surface area contributed by atoms with Crippen molar-refractivity contribution in [3.05, 3.63) is 29.8 Å². The fourth-order valence-electron chi connectivity index (χ4n) is 2.81. The Kier molecular flexibility index (Phi) is 14.9. The summed E-state index contributed by atoms with van der Waals surface area (Å²) in [6.07, 6.45) is -2.17. The van der Waals surface area contributed by atoms with E-state index in [1.54, 1.807) is 12.1 Å². The fraction of sp³-hybridized carbons (Fsp3) is 0.667. The number of benzene rings is 1. The van der Waals surface area contributed by atoms with Gasteiger partial charge in [0.15, 0.2) is 12.6 Å².